The van der Waals surface area contributed by atoms with Gasteiger partial charge in [0.15, 0.2) is 11.2 Å². The molecule has 27 heavy (non-hydrogen) atoms. The van der Waals surface area contributed by atoms with Crippen molar-refractivity contribution in [2.75, 3.05) is 0 Å². The molecule has 136 valence electrons. The van der Waals surface area contributed by atoms with Gasteiger partial charge in [-0.05, 0) is 30.0 Å². The van der Waals surface area contributed by atoms with Crippen LogP contribution >= 0.6 is 0 Å². The summed E-state index contributed by atoms with van der Waals surface area (Å²) in [5.74, 6) is -0.674. The first-order chi connectivity index (χ1) is 12.7. The van der Waals surface area contributed by atoms with Gasteiger partial charge in [0.25, 0.3) is 0 Å². The average Bonchev–Trinajstić information content (AvgIpc) is 2.97. The molecule has 6 nitrogen and oxygen atoms in total. The fourth-order valence-corrected chi connectivity index (χ4v) is 3.79. The Balaban J connectivity index is 2.06. The SMILES string of the molecule is CC(C)(C)C1Cc2c(oc3cc(C#N)ccc23)-c2cc(=O)c(C(=O)O)cn21. The Hall–Kier alpha value is -3.33. The molecule has 0 radical (unpaired) electrons. The number of rotatable bonds is 1. The highest BCUT2D eigenvalue weighted by Crippen LogP contribution is 2.45. The van der Waals surface area contributed by atoms with Crippen molar-refractivity contribution in [3.05, 3.63) is 57.4 Å². The van der Waals surface area contributed by atoms with Crippen LogP contribution in [-0.2, 0) is 6.42 Å². The topological polar surface area (TPSA) is 96.2 Å². The Morgan fingerprint density at radius 1 is 1.33 bits per heavy atom. The summed E-state index contributed by atoms with van der Waals surface area (Å²) in [6.07, 6.45) is 2.07. The summed E-state index contributed by atoms with van der Waals surface area (Å²) in [4.78, 5) is 23.8. The van der Waals surface area contributed by atoms with E-state index in [0.717, 1.165) is 10.9 Å². The number of carbonyl (C=O) groups is 1. The van der Waals surface area contributed by atoms with Crippen LogP contribution in [0.4, 0.5) is 0 Å². The molecule has 3 aromatic rings. The van der Waals surface area contributed by atoms with Crippen LogP contribution in [0.1, 0.15) is 48.3 Å². The first kappa shape index (κ1) is 17.1. The Morgan fingerprint density at radius 2 is 2.07 bits per heavy atom. The number of nitrogens with zero attached hydrogens (tertiary/aromatic N) is 2. The van der Waals surface area contributed by atoms with E-state index in [4.69, 9.17) is 9.68 Å². The number of hydrogen-bond donors (Lipinski definition) is 1. The van der Waals surface area contributed by atoms with Gasteiger partial charge in [0.1, 0.15) is 11.1 Å². The number of carboxylic acids is 1. The van der Waals surface area contributed by atoms with E-state index in [1.165, 1.54) is 12.3 Å². The predicted octanol–water partition coefficient (Wildman–Crippen LogP) is 3.97. The third-order valence-electron chi connectivity index (χ3n) is 5.20. The third-order valence-corrected chi connectivity index (χ3v) is 5.20. The normalized spacial score (nSPS) is 15.9. The van der Waals surface area contributed by atoms with Gasteiger partial charge in [-0.1, -0.05) is 20.8 Å². The number of fused-ring (bicyclic) bond motifs is 5. The smallest absolute Gasteiger partial charge is 0.341 e. The van der Waals surface area contributed by atoms with Crippen LogP contribution in [0.5, 0.6) is 0 Å². The molecule has 0 amide bonds. The lowest BCUT2D eigenvalue weighted by Gasteiger charge is -2.37. The van der Waals surface area contributed by atoms with E-state index >= 15 is 0 Å². The van der Waals surface area contributed by atoms with Crippen molar-refractivity contribution in [1.29, 1.82) is 5.26 Å². The maximum absolute atomic E-state index is 12.3. The van der Waals surface area contributed by atoms with Crippen LogP contribution in [0, 0.1) is 16.7 Å². The maximum atomic E-state index is 12.3. The number of furan rings is 1. The molecule has 1 N–H and O–H groups in total. The zero-order chi connectivity index (χ0) is 19.5. The molecule has 1 aliphatic rings. The van der Waals surface area contributed by atoms with Crippen molar-refractivity contribution in [3.63, 3.8) is 0 Å². The summed E-state index contributed by atoms with van der Waals surface area (Å²) < 4.78 is 7.87. The van der Waals surface area contributed by atoms with Gasteiger partial charge in [0.2, 0.25) is 0 Å². The van der Waals surface area contributed by atoms with Crippen LogP contribution in [0.2, 0.25) is 0 Å². The van der Waals surface area contributed by atoms with Crippen LogP contribution in [-0.4, -0.2) is 15.6 Å². The number of hydrogen-bond acceptors (Lipinski definition) is 4. The standard InChI is InChI=1S/C21H18N2O4/c1-21(2,3)18-7-13-12-5-4-11(9-22)6-17(12)27-19(13)15-8-16(24)14(20(25)26)10-23(15)18/h4-6,8,10,18H,7H2,1-3H3,(H,25,26). The molecule has 0 bridgehead atoms. The van der Waals surface area contributed by atoms with E-state index in [1.54, 1.807) is 12.1 Å². The lowest BCUT2D eigenvalue weighted by Crippen LogP contribution is -2.32. The van der Waals surface area contributed by atoms with Crippen LogP contribution in [0.3, 0.4) is 0 Å². The van der Waals surface area contributed by atoms with Crippen molar-refractivity contribution in [2.45, 2.75) is 33.2 Å². The number of aromatic nitrogens is 1. The van der Waals surface area contributed by atoms with E-state index in [0.29, 0.717) is 29.0 Å². The summed E-state index contributed by atoms with van der Waals surface area (Å²) in [5.41, 5.74) is 1.67. The number of benzene rings is 1. The minimum atomic E-state index is -1.24. The fourth-order valence-electron chi connectivity index (χ4n) is 3.79. The van der Waals surface area contributed by atoms with Gasteiger partial charge >= 0.3 is 5.97 Å². The highest BCUT2D eigenvalue weighted by Gasteiger charge is 2.36. The predicted molar refractivity (Wildman–Crippen MR) is 99.8 cm³/mol. The fraction of sp³-hybridized carbons (Fsp3) is 0.286. The minimum Gasteiger partial charge on any atom is -0.477 e. The van der Waals surface area contributed by atoms with E-state index in [9.17, 15) is 14.7 Å². The molecule has 0 aliphatic carbocycles. The summed E-state index contributed by atoms with van der Waals surface area (Å²) in [5, 5.41) is 19.4. The molecule has 3 heterocycles. The second-order valence-corrected chi connectivity index (χ2v) is 7.97. The maximum Gasteiger partial charge on any atom is 0.341 e. The molecule has 6 heteroatoms. The first-order valence-electron chi connectivity index (χ1n) is 8.66. The number of nitriles is 1. The van der Waals surface area contributed by atoms with E-state index in [1.807, 2.05) is 10.6 Å². The lowest BCUT2D eigenvalue weighted by atomic mass is 9.80. The van der Waals surface area contributed by atoms with Gasteiger partial charge in [0, 0.05) is 29.3 Å². The average molecular weight is 362 g/mol. The van der Waals surface area contributed by atoms with Crippen molar-refractivity contribution in [3.8, 4) is 17.5 Å². The van der Waals surface area contributed by atoms with Crippen LogP contribution in [0.25, 0.3) is 22.4 Å². The van der Waals surface area contributed by atoms with Gasteiger partial charge in [-0.3, -0.25) is 4.79 Å². The van der Waals surface area contributed by atoms with Crippen molar-refractivity contribution in [1.82, 2.24) is 4.57 Å². The number of carboxylic acid groups (broad SMARTS) is 1. The van der Waals surface area contributed by atoms with Crippen molar-refractivity contribution >= 4 is 16.9 Å². The van der Waals surface area contributed by atoms with E-state index < -0.39 is 11.4 Å². The quantitative estimate of drug-likeness (QED) is 0.706. The molecule has 1 atom stereocenters. The number of aromatic carboxylic acids is 1. The van der Waals surface area contributed by atoms with Gasteiger partial charge in [-0.2, -0.15) is 5.26 Å². The Labute approximate surface area is 155 Å². The second kappa shape index (κ2) is 5.58. The zero-order valence-electron chi connectivity index (χ0n) is 15.2. The summed E-state index contributed by atoms with van der Waals surface area (Å²) in [6, 6.07) is 8.70. The number of pyridine rings is 1. The molecular weight excluding hydrogens is 344 g/mol. The van der Waals surface area contributed by atoms with Crippen LogP contribution in [0.15, 0.2) is 39.7 Å². The van der Waals surface area contributed by atoms with Crippen molar-refractivity contribution < 1.29 is 14.3 Å². The monoisotopic (exact) mass is 362 g/mol. The Bertz CT molecular complexity index is 1200. The first-order valence-corrected chi connectivity index (χ1v) is 8.66. The van der Waals surface area contributed by atoms with Crippen molar-refractivity contribution in [2.24, 2.45) is 5.41 Å². The molecule has 4 rings (SSSR count). The molecule has 0 spiro atoms. The summed E-state index contributed by atoms with van der Waals surface area (Å²) in [6.45, 7) is 6.25. The third kappa shape index (κ3) is 2.55. The zero-order valence-corrected chi connectivity index (χ0v) is 15.2. The minimum absolute atomic E-state index is 0.0462. The van der Waals surface area contributed by atoms with E-state index in [-0.39, 0.29) is 17.0 Å². The molecule has 1 unspecified atom stereocenters. The second-order valence-electron chi connectivity index (χ2n) is 7.97. The molecule has 0 fully saturated rings. The molecule has 1 aliphatic heterocycles. The molecule has 0 saturated carbocycles. The Kier molecular flexibility index (Phi) is 3.54. The highest BCUT2D eigenvalue weighted by molar-refractivity contribution is 5.90. The van der Waals surface area contributed by atoms with E-state index in [2.05, 4.69) is 26.8 Å². The van der Waals surface area contributed by atoms with Crippen LogP contribution < -0.4 is 5.43 Å². The molecule has 2 aromatic heterocycles. The molecule has 1 aromatic carbocycles. The highest BCUT2D eigenvalue weighted by atomic mass is 16.4. The molecular formula is C21H18N2O4. The van der Waals surface area contributed by atoms with Gasteiger partial charge in [0.05, 0.1) is 17.3 Å². The molecule has 0 saturated heterocycles. The largest absolute Gasteiger partial charge is 0.477 e. The Morgan fingerprint density at radius 3 is 2.70 bits per heavy atom. The lowest BCUT2D eigenvalue weighted by molar-refractivity contribution is 0.0693. The summed E-state index contributed by atoms with van der Waals surface area (Å²) >= 11 is 0. The van der Waals surface area contributed by atoms with Gasteiger partial charge in [-0.25, -0.2) is 4.79 Å². The van der Waals surface area contributed by atoms with Gasteiger partial charge in [-0.15, -0.1) is 0 Å². The van der Waals surface area contributed by atoms with Gasteiger partial charge < -0.3 is 14.1 Å². The summed E-state index contributed by atoms with van der Waals surface area (Å²) in [7, 11) is 0.